The van der Waals surface area contributed by atoms with E-state index in [0.717, 1.165) is 11.3 Å². The molecule has 0 atom stereocenters. The van der Waals surface area contributed by atoms with E-state index in [4.69, 9.17) is 4.74 Å². The molecule has 4 aromatic rings. The van der Waals surface area contributed by atoms with Crippen LogP contribution in [0.15, 0.2) is 84.0 Å². The highest BCUT2D eigenvalue weighted by atomic mass is 32.1. The lowest BCUT2D eigenvalue weighted by Crippen LogP contribution is -2.11. The van der Waals surface area contributed by atoms with Gasteiger partial charge in [-0.3, -0.25) is 10.2 Å². The molecule has 32 heavy (non-hydrogen) atoms. The van der Waals surface area contributed by atoms with Crippen LogP contribution in [0.2, 0.25) is 0 Å². The van der Waals surface area contributed by atoms with Gasteiger partial charge in [0.05, 0.1) is 13.3 Å². The molecule has 1 aromatic heterocycles. The van der Waals surface area contributed by atoms with Crippen molar-refractivity contribution in [3.63, 3.8) is 0 Å². The van der Waals surface area contributed by atoms with Gasteiger partial charge in [0.2, 0.25) is 5.13 Å². The maximum Gasteiger partial charge on any atom is 0.256 e. The van der Waals surface area contributed by atoms with Gasteiger partial charge in [-0.15, -0.1) is 0 Å². The summed E-state index contributed by atoms with van der Waals surface area (Å²) in [6, 6.07) is 22.3. The number of nitrogens with one attached hydrogen (secondary N) is 2. The molecule has 0 saturated carbocycles. The SMILES string of the molecule is COc1ccc(C=NNc2nc(-c3ccc(F)cc3)c(NC(=O)c3ccccc3)s2)cc1. The Labute approximate surface area is 188 Å². The van der Waals surface area contributed by atoms with E-state index < -0.39 is 0 Å². The van der Waals surface area contributed by atoms with Gasteiger partial charge in [0, 0.05) is 11.1 Å². The van der Waals surface area contributed by atoms with E-state index in [-0.39, 0.29) is 11.7 Å². The number of aromatic nitrogens is 1. The molecule has 8 heteroatoms. The Morgan fingerprint density at radius 2 is 1.75 bits per heavy atom. The number of anilines is 2. The lowest BCUT2D eigenvalue weighted by molar-refractivity contribution is 0.102. The van der Waals surface area contributed by atoms with E-state index in [1.807, 2.05) is 30.3 Å². The third-order valence-electron chi connectivity index (χ3n) is 4.50. The molecule has 0 aliphatic rings. The summed E-state index contributed by atoms with van der Waals surface area (Å²) in [5.41, 5.74) is 5.51. The average molecular weight is 447 g/mol. The number of thiazole rings is 1. The third kappa shape index (κ3) is 5.16. The van der Waals surface area contributed by atoms with Crippen LogP contribution in [0.5, 0.6) is 5.75 Å². The highest BCUT2D eigenvalue weighted by Gasteiger charge is 2.16. The first-order valence-electron chi connectivity index (χ1n) is 9.68. The van der Waals surface area contributed by atoms with Crippen LogP contribution in [0.25, 0.3) is 11.3 Å². The minimum Gasteiger partial charge on any atom is -0.497 e. The largest absolute Gasteiger partial charge is 0.497 e. The fourth-order valence-corrected chi connectivity index (χ4v) is 3.71. The van der Waals surface area contributed by atoms with Crippen LogP contribution >= 0.6 is 11.3 Å². The lowest BCUT2D eigenvalue weighted by Gasteiger charge is -2.05. The molecule has 6 nitrogen and oxygen atoms in total. The number of halogens is 1. The van der Waals surface area contributed by atoms with E-state index in [9.17, 15) is 9.18 Å². The van der Waals surface area contributed by atoms with Crippen molar-refractivity contribution >= 4 is 33.6 Å². The molecule has 1 heterocycles. The summed E-state index contributed by atoms with van der Waals surface area (Å²) >= 11 is 1.24. The van der Waals surface area contributed by atoms with Crippen molar-refractivity contribution < 1.29 is 13.9 Å². The number of ether oxygens (including phenoxy) is 1. The van der Waals surface area contributed by atoms with Crippen molar-refractivity contribution in [1.29, 1.82) is 0 Å². The molecule has 3 aromatic carbocycles. The van der Waals surface area contributed by atoms with Gasteiger partial charge in [-0.05, 0) is 66.2 Å². The topological polar surface area (TPSA) is 75.6 Å². The minimum absolute atomic E-state index is 0.258. The summed E-state index contributed by atoms with van der Waals surface area (Å²) in [4.78, 5) is 17.2. The van der Waals surface area contributed by atoms with Crippen LogP contribution in [0.3, 0.4) is 0 Å². The molecular formula is C24H19FN4O2S. The van der Waals surface area contributed by atoms with Crippen molar-refractivity contribution in [3.8, 4) is 17.0 Å². The summed E-state index contributed by atoms with van der Waals surface area (Å²) in [5, 5.41) is 8.14. The number of carbonyl (C=O) groups excluding carboxylic acids is 1. The van der Waals surface area contributed by atoms with E-state index in [0.29, 0.717) is 27.0 Å². The van der Waals surface area contributed by atoms with Crippen LogP contribution < -0.4 is 15.5 Å². The second-order valence-electron chi connectivity index (χ2n) is 6.67. The fourth-order valence-electron chi connectivity index (χ4n) is 2.87. The van der Waals surface area contributed by atoms with Gasteiger partial charge < -0.3 is 10.1 Å². The predicted octanol–water partition coefficient (Wildman–Crippen LogP) is 5.66. The molecule has 0 bridgehead atoms. The summed E-state index contributed by atoms with van der Waals surface area (Å²) in [5.74, 6) is 0.157. The second kappa shape index (κ2) is 9.84. The molecule has 1 amide bonds. The van der Waals surface area contributed by atoms with Crippen molar-refractivity contribution in [2.24, 2.45) is 5.10 Å². The molecule has 0 unspecified atom stereocenters. The highest BCUT2D eigenvalue weighted by Crippen LogP contribution is 2.36. The van der Waals surface area contributed by atoms with Crippen molar-refractivity contribution in [3.05, 3.63) is 95.8 Å². The van der Waals surface area contributed by atoms with Gasteiger partial charge >= 0.3 is 0 Å². The smallest absolute Gasteiger partial charge is 0.256 e. The zero-order valence-electron chi connectivity index (χ0n) is 17.1. The Balaban J connectivity index is 1.57. The molecule has 0 aliphatic carbocycles. The van der Waals surface area contributed by atoms with Gasteiger partial charge in [0.15, 0.2) is 0 Å². The molecular weight excluding hydrogens is 427 g/mol. The first-order chi connectivity index (χ1) is 15.6. The summed E-state index contributed by atoms with van der Waals surface area (Å²) in [6.07, 6.45) is 1.65. The predicted molar refractivity (Wildman–Crippen MR) is 126 cm³/mol. The number of nitrogens with zero attached hydrogens (tertiary/aromatic N) is 2. The number of amides is 1. The Morgan fingerprint density at radius 1 is 1.03 bits per heavy atom. The van der Waals surface area contributed by atoms with E-state index in [2.05, 4.69) is 20.8 Å². The minimum atomic E-state index is -0.346. The molecule has 0 saturated heterocycles. The van der Waals surface area contributed by atoms with Gasteiger partial charge in [-0.25, -0.2) is 9.37 Å². The second-order valence-corrected chi connectivity index (χ2v) is 7.67. The summed E-state index contributed by atoms with van der Waals surface area (Å²) in [6.45, 7) is 0. The van der Waals surface area contributed by atoms with Crippen molar-refractivity contribution in [2.75, 3.05) is 17.9 Å². The Hall–Kier alpha value is -4.04. The zero-order chi connectivity index (χ0) is 22.3. The van der Waals surface area contributed by atoms with E-state index in [1.165, 1.54) is 23.5 Å². The Bertz CT molecular complexity index is 1220. The molecule has 4 rings (SSSR count). The van der Waals surface area contributed by atoms with Crippen molar-refractivity contribution in [1.82, 2.24) is 4.98 Å². The van der Waals surface area contributed by atoms with Crippen LogP contribution in [0.1, 0.15) is 15.9 Å². The summed E-state index contributed by atoms with van der Waals surface area (Å²) < 4.78 is 18.5. The van der Waals surface area contributed by atoms with Crippen LogP contribution in [-0.2, 0) is 0 Å². The van der Waals surface area contributed by atoms with Gasteiger partial charge in [0.1, 0.15) is 22.3 Å². The number of methoxy groups -OCH3 is 1. The van der Waals surface area contributed by atoms with Gasteiger partial charge in [0.25, 0.3) is 5.91 Å². The quantitative estimate of drug-likeness (QED) is 0.284. The Kier molecular flexibility index (Phi) is 6.52. The number of carbonyl (C=O) groups is 1. The normalized spacial score (nSPS) is 10.8. The molecule has 2 N–H and O–H groups in total. The number of hydrazone groups is 1. The number of rotatable bonds is 7. The number of hydrogen-bond donors (Lipinski definition) is 2. The highest BCUT2D eigenvalue weighted by molar-refractivity contribution is 7.20. The fraction of sp³-hybridized carbons (Fsp3) is 0.0417. The molecule has 0 fully saturated rings. The first-order valence-corrected chi connectivity index (χ1v) is 10.5. The monoisotopic (exact) mass is 446 g/mol. The standard InChI is InChI=1S/C24H19FN4O2S/c1-31-20-13-7-16(8-14-20)15-26-29-24-27-21(17-9-11-19(25)12-10-17)23(32-24)28-22(30)18-5-3-2-4-6-18/h2-15H,1H3,(H,27,29)(H,28,30). The van der Waals surface area contributed by atoms with Crippen LogP contribution in [-0.4, -0.2) is 24.2 Å². The van der Waals surface area contributed by atoms with Crippen LogP contribution in [0, 0.1) is 5.82 Å². The molecule has 0 aliphatic heterocycles. The van der Waals surface area contributed by atoms with Crippen LogP contribution in [0.4, 0.5) is 14.5 Å². The lowest BCUT2D eigenvalue weighted by atomic mass is 10.1. The van der Waals surface area contributed by atoms with Gasteiger partial charge in [-0.1, -0.05) is 29.5 Å². The maximum absolute atomic E-state index is 13.4. The molecule has 0 radical (unpaired) electrons. The van der Waals surface area contributed by atoms with Gasteiger partial charge in [-0.2, -0.15) is 5.10 Å². The first kappa shape index (κ1) is 21.2. The average Bonchev–Trinajstić information content (AvgIpc) is 3.23. The summed E-state index contributed by atoms with van der Waals surface area (Å²) in [7, 11) is 1.61. The molecule has 0 spiro atoms. The Morgan fingerprint density at radius 3 is 2.44 bits per heavy atom. The number of benzene rings is 3. The van der Waals surface area contributed by atoms with E-state index in [1.54, 1.807) is 49.7 Å². The van der Waals surface area contributed by atoms with Crippen molar-refractivity contribution in [2.45, 2.75) is 0 Å². The molecule has 160 valence electrons. The number of hydrogen-bond acceptors (Lipinski definition) is 6. The zero-order valence-corrected chi connectivity index (χ0v) is 17.9. The maximum atomic E-state index is 13.4. The van der Waals surface area contributed by atoms with E-state index >= 15 is 0 Å². The third-order valence-corrected chi connectivity index (χ3v) is 5.37.